The Kier molecular flexibility index (Phi) is 3.72. The summed E-state index contributed by atoms with van der Waals surface area (Å²) in [4.78, 5) is 13.3. The van der Waals surface area contributed by atoms with E-state index < -0.39 is 29.9 Å². The molecule has 2 N–H and O–H groups in total. The molecule has 6 heteroatoms. The zero-order chi connectivity index (χ0) is 16.1. The van der Waals surface area contributed by atoms with Crippen molar-refractivity contribution in [3.8, 4) is 0 Å². The number of hydrogen-bond donors (Lipinski definition) is 2. The zero-order valence-electron chi connectivity index (χ0n) is 12.6. The van der Waals surface area contributed by atoms with E-state index in [1.807, 2.05) is 30.3 Å². The third-order valence-corrected chi connectivity index (χ3v) is 6.12. The molecule has 1 aromatic rings. The maximum atomic E-state index is 12.7. The van der Waals surface area contributed by atoms with Crippen molar-refractivity contribution in [1.29, 1.82) is 0 Å². The largest absolute Gasteiger partial charge is 0.467 e. The quantitative estimate of drug-likeness (QED) is 0.812. The molecule has 122 valence electrons. The van der Waals surface area contributed by atoms with E-state index >= 15 is 0 Å². The fourth-order valence-electron chi connectivity index (χ4n) is 3.35. The van der Waals surface area contributed by atoms with Gasteiger partial charge in [0.05, 0.1) is 16.9 Å². The summed E-state index contributed by atoms with van der Waals surface area (Å²) in [6, 6.07) is 9.63. The van der Waals surface area contributed by atoms with Crippen LogP contribution < -0.4 is 0 Å². The molecule has 3 aliphatic rings. The van der Waals surface area contributed by atoms with E-state index in [9.17, 15) is 15.0 Å². The summed E-state index contributed by atoms with van der Waals surface area (Å²) in [5, 5.41) is 19.8. The highest BCUT2D eigenvalue weighted by Crippen LogP contribution is 2.49. The summed E-state index contributed by atoms with van der Waals surface area (Å²) in [5.74, 6) is 0.425. The van der Waals surface area contributed by atoms with Crippen LogP contribution in [0.5, 0.6) is 0 Å². The van der Waals surface area contributed by atoms with Gasteiger partial charge in [-0.15, -0.1) is 11.8 Å². The molecule has 2 heterocycles. The van der Waals surface area contributed by atoms with Crippen molar-refractivity contribution in [2.75, 3.05) is 0 Å². The number of ether oxygens (including phenoxy) is 2. The molecule has 6 unspecified atom stereocenters. The number of aliphatic hydroxyl groups excluding tert-OH is 2. The van der Waals surface area contributed by atoms with Crippen molar-refractivity contribution in [2.45, 2.75) is 49.1 Å². The first-order valence-corrected chi connectivity index (χ1v) is 8.61. The van der Waals surface area contributed by atoms with Gasteiger partial charge in [-0.25, -0.2) is 0 Å². The van der Waals surface area contributed by atoms with Crippen molar-refractivity contribution < 1.29 is 24.5 Å². The molecular weight excluding hydrogens is 316 g/mol. The maximum Gasteiger partial charge on any atom is 0.214 e. The molecule has 2 aliphatic heterocycles. The van der Waals surface area contributed by atoms with Gasteiger partial charge < -0.3 is 19.7 Å². The van der Waals surface area contributed by atoms with Crippen LogP contribution in [-0.4, -0.2) is 45.8 Å². The van der Waals surface area contributed by atoms with Gasteiger partial charge in [-0.1, -0.05) is 30.3 Å². The zero-order valence-corrected chi connectivity index (χ0v) is 13.4. The molecule has 4 rings (SSSR count). The normalized spacial score (nSPS) is 39.7. The number of allylic oxidation sites excluding steroid dienone is 2. The minimum Gasteiger partial charge on any atom is -0.467 e. The predicted octanol–water partition coefficient (Wildman–Crippen LogP) is 1.55. The Morgan fingerprint density at radius 1 is 1.17 bits per heavy atom. The Balaban J connectivity index is 1.60. The lowest BCUT2D eigenvalue weighted by Crippen LogP contribution is -2.56. The van der Waals surface area contributed by atoms with Crippen LogP contribution in [0.1, 0.15) is 24.8 Å². The minimum absolute atomic E-state index is 0.0231. The van der Waals surface area contributed by atoms with Crippen molar-refractivity contribution >= 4 is 17.5 Å². The van der Waals surface area contributed by atoms with Gasteiger partial charge in [-0.05, 0) is 12.5 Å². The topological polar surface area (TPSA) is 76.0 Å². The van der Waals surface area contributed by atoms with Crippen molar-refractivity contribution in [3.05, 3.63) is 46.6 Å². The Bertz CT molecular complexity index is 658. The maximum absolute atomic E-state index is 12.7. The number of hydrogen-bond acceptors (Lipinski definition) is 6. The Labute approximate surface area is 138 Å². The van der Waals surface area contributed by atoms with Crippen LogP contribution in [0.3, 0.4) is 0 Å². The Morgan fingerprint density at radius 3 is 2.65 bits per heavy atom. The second kappa shape index (κ2) is 5.63. The van der Waals surface area contributed by atoms with E-state index in [0.29, 0.717) is 17.1 Å². The van der Waals surface area contributed by atoms with Crippen LogP contribution >= 0.6 is 11.8 Å². The van der Waals surface area contributed by atoms with Gasteiger partial charge in [0, 0.05) is 6.42 Å². The van der Waals surface area contributed by atoms with E-state index in [-0.39, 0.29) is 11.7 Å². The van der Waals surface area contributed by atoms with E-state index in [1.54, 1.807) is 6.92 Å². The molecule has 0 spiro atoms. The van der Waals surface area contributed by atoms with Crippen LogP contribution in [0.2, 0.25) is 0 Å². The lowest BCUT2D eigenvalue weighted by Gasteiger charge is -2.43. The summed E-state index contributed by atoms with van der Waals surface area (Å²) in [5.41, 5.74) is 0.967. The van der Waals surface area contributed by atoms with Gasteiger partial charge in [-0.2, -0.15) is 0 Å². The Morgan fingerprint density at radius 2 is 1.91 bits per heavy atom. The van der Waals surface area contributed by atoms with Crippen molar-refractivity contribution in [1.82, 2.24) is 0 Å². The van der Waals surface area contributed by atoms with Crippen molar-refractivity contribution in [2.24, 2.45) is 0 Å². The first-order valence-electron chi connectivity index (χ1n) is 7.73. The van der Waals surface area contributed by atoms with Crippen LogP contribution in [0.25, 0.3) is 0 Å². The molecule has 5 nitrogen and oxygen atoms in total. The molecule has 1 aromatic carbocycles. The minimum atomic E-state index is -0.980. The van der Waals surface area contributed by atoms with Crippen LogP contribution in [0, 0.1) is 0 Å². The molecule has 0 aromatic heterocycles. The smallest absolute Gasteiger partial charge is 0.214 e. The third-order valence-electron chi connectivity index (χ3n) is 4.68. The number of thioether (sulfide) groups is 1. The summed E-state index contributed by atoms with van der Waals surface area (Å²) in [7, 11) is 0. The highest BCUT2D eigenvalue weighted by Gasteiger charge is 2.51. The molecule has 0 saturated carbocycles. The monoisotopic (exact) mass is 334 g/mol. The summed E-state index contributed by atoms with van der Waals surface area (Å²) in [6.45, 7) is 1.70. The van der Waals surface area contributed by atoms with E-state index in [4.69, 9.17) is 9.47 Å². The highest BCUT2D eigenvalue weighted by atomic mass is 32.2. The molecule has 0 amide bonds. The molecule has 0 radical (unpaired) electrons. The number of aliphatic hydroxyl groups is 2. The molecule has 1 aliphatic carbocycles. The second-order valence-corrected chi connectivity index (χ2v) is 7.36. The predicted molar refractivity (Wildman–Crippen MR) is 84.6 cm³/mol. The molecule has 0 bridgehead atoms. The molecule has 6 atom stereocenters. The fraction of sp³-hybridized carbons (Fsp3) is 0.471. The van der Waals surface area contributed by atoms with Gasteiger partial charge in [0.2, 0.25) is 6.29 Å². The fourth-order valence-corrected chi connectivity index (χ4v) is 4.67. The number of Topliss-reactive ketones (excluding diaryl/α,β-unsaturated/α-hetero) is 1. The average Bonchev–Trinajstić information content (AvgIpc) is 2.88. The summed E-state index contributed by atoms with van der Waals surface area (Å²) < 4.78 is 11.5. The molecule has 1 fully saturated rings. The lowest BCUT2D eigenvalue weighted by atomic mass is 9.96. The van der Waals surface area contributed by atoms with Crippen LogP contribution in [-0.2, 0) is 14.3 Å². The third kappa shape index (κ3) is 2.41. The SMILES string of the molecule is CC1OC2OC3=C(SC2C(O)C1O)C(=O)C(c1ccccc1)C3. The van der Waals surface area contributed by atoms with Gasteiger partial charge in [0.25, 0.3) is 0 Å². The summed E-state index contributed by atoms with van der Waals surface area (Å²) >= 11 is 1.28. The highest BCUT2D eigenvalue weighted by molar-refractivity contribution is 8.04. The number of ketones is 1. The van der Waals surface area contributed by atoms with Crippen molar-refractivity contribution in [3.63, 3.8) is 0 Å². The standard InChI is InChI=1S/C17H18O5S/c1-8-12(18)14(20)16-17(21-8)22-11-7-10(13(19)15(11)23-16)9-5-3-2-4-6-9/h2-6,8,10,12,14,16-18,20H,7H2,1H3. The number of carbonyl (C=O) groups excluding carboxylic acids is 1. The van der Waals surface area contributed by atoms with Gasteiger partial charge >= 0.3 is 0 Å². The molecule has 23 heavy (non-hydrogen) atoms. The van der Waals surface area contributed by atoms with Gasteiger partial charge in [0.15, 0.2) is 5.78 Å². The van der Waals surface area contributed by atoms with E-state index in [2.05, 4.69) is 0 Å². The number of fused-ring (bicyclic) bond motifs is 1. The molecular formula is C17H18O5S. The van der Waals surface area contributed by atoms with Crippen LogP contribution in [0.15, 0.2) is 41.0 Å². The van der Waals surface area contributed by atoms with Crippen LogP contribution in [0.4, 0.5) is 0 Å². The van der Waals surface area contributed by atoms with Gasteiger partial charge in [0.1, 0.15) is 23.2 Å². The first kappa shape index (κ1) is 15.2. The lowest BCUT2D eigenvalue weighted by molar-refractivity contribution is -0.230. The number of rotatable bonds is 1. The van der Waals surface area contributed by atoms with E-state index in [0.717, 1.165) is 5.56 Å². The first-order chi connectivity index (χ1) is 11.1. The number of carbonyl (C=O) groups is 1. The Hall–Kier alpha value is -1.34. The second-order valence-electron chi connectivity index (χ2n) is 6.18. The summed E-state index contributed by atoms with van der Waals surface area (Å²) in [6.07, 6.45) is -2.57. The van der Waals surface area contributed by atoms with Gasteiger partial charge in [-0.3, -0.25) is 4.79 Å². The van der Waals surface area contributed by atoms with E-state index in [1.165, 1.54) is 11.8 Å². The number of benzene rings is 1. The molecule has 1 saturated heterocycles. The average molecular weight is 334 g/mol.